The Morgan fingerprint density at radius 2 is 1.88 bits per heavy atom. The van der Waals surface area contributed by atoms with Gasteiger partial charge in [0.2, 0.25) is 5.91 Å². The van der Waals surface area contributed by atoms with Gasteiger partial charge >= 0.3 is 0 Å². The van der Waals surface area contributed by atoms with Crippen molar-refractivity contribution in [3.05, 3.63) is 53.1 Å². The number of benzene rings is 1. The lowest BCUT2D eigenvalue weighted by Gasteiger charge is -2.12. The first-order valence-corrected chi connectivity index (χ1v) is 8.27. The first-order valence-electron chi connectivity index (χ1n) is 8.27. The van der Waals surface area contributed by atoms with Crippen LogP contribution in [0.1, 0.15) is 43.6 Å². The average Bonchev–Trinajstić information content (AvgIpc) is 2.86. The van der Waals surface area contributed by atoms with Gasteiger partial charge in [-0.3, -0.25) is 4.79 Å². The number of hydrogen-bond donors (Lipinski definition) is 1. The molecular weight excluding hydrogens is 305 g/mol. The highest BCUT2D eigenvalue weighted by atomic mass is 19.1. The Hall–Kier alpha value is -2.43. The third kappa shape index (κ3) is 4.10. The van der Waals surface area contributed by atoms with E-state index in [9.17, 15) is 9.18 Å². The molecule has 0 unspecified atom stereocenters. The van der Waals surface area contributed by atoms with Crippen LogP contribution >= 0.6 is 0 Å². The molecular formula is C19H24FN3O. The van der Waals surface area contributed by atoms with Gasteiger partial charge in [-0.25, -0.2) is 9.07 Å². The molecule has 0 radical (unpaired) electrons. The highest BCUT2D eigenvalue weighted by Crippen LogP contribution is 2.19. The van der Waals surface area contributed by atoms with Crippen molar-refractivity contribution in [2.24, 2.45) is 0 Å². The van der Waals surface area contributed by atoms with Crippen molar-refractivity contribution in [3.63, 3.8) is 0 Å². The van der Waals surface area contributed by atoms with E-state index in [1.54, 1.807) is 29.0 Å². The zero-order valence-corrected chi connectivity index (χ0v) is 14.6. The van der Waals surface area contributed by atoms with Gasteiger partial charge in [-0.15, -0.1) is 0 Å². The number of carbonyl (C=O) groups is 1. The molecule has 1 N–H and O–H groups in total. The van der Waals surface area contributed by atoms with Gasteiger partial charge in [0.25, 0.3) is 0 Å². The molecule has 0 aliphatic rings. The second-order valence-electron chi connectivity index (χ2n) is 5.83. The monoisotopic (exact) mass is 329 g/mol. The van der Waals surface area contributed by atoms with Crippen LogP contribution in [0.4, 0.5) is 4.39 Å². The minimum Gasteiger partial charge on any atom is -0.350 e. The van der Waals surface area contributed by atoms with E-state index in [4.69, 9.17) is 0 Å². The number of nitrogens with one attached hydrogen (secondary N) is 1. The van der Waals surface area contributed by atoms with Crippen LogP contribution in [0, 0.1) is 19.7 Å². The number of aryl methyl sites for hydroxylation is 1. The zero-order valence-electron chi connectivity index (χ0n) is 14.6. The third-order valence-corrected chi connectivity index (χ3v) is 4.15. The van der Waals surface area contributed by atoms with Crippen molar-refractivity contribution in [2.75, 3.05) is 0 Å². The van der Waals surface area contributed by atoms with Gasteiger partial charge in [-0.2, -0.15) is 5.10 Å². The Morgan fingerprint density at radius 1 is 1.25 bits per heavy atom. The van der Waals surface area contributed by atoms with E-state index >= 15 is 0 Å². The summed E-state index contributed by atoms with van der Waals surface area (Å²) >= 11 is 0. The Labute approximate surface area is 142 Å². The van der Waals surface area contributed by atoms with E-state index in [0.29, 0.717) is 0 Å². The number of aromatic nitrogens is 2. The van der Waals surface area contributed by atoms with E-state index < -0.39 is 0 Å². The Kier molecular flexibility index (Phi) is 5.90. The van der Waals surface area contributed by atoms with Crippen molar-refractivity contribution in [2.45, 2.75) is 46.6 Å². The molecule has 0 saturated carbocycles. The number of rotatable bonds is 6. The van der Waals surface area contributed by atoms with Gasteiger partial charge in [0.15, 0.2) is 0 Å². The molecule has 5 heteroatoms. The molecule has 0 spiro atoms. The summed E-state index contributed by atoms with van der Waals surface area (Å²) in [5.74, 6) is -0.379. The molecule has 2 aromatic rings. The molecule has 2 rings (SSSR count). The predicted molar refractivity (Wildman–Crippen MR) is 94.5 cm³/mol. The lowest BCUT2D eigenvalue weighted by Crippen LogP contribution is -2.32. The topological polar surface area (TPSA) is 46.9 Å². The van der Waals surface area contributed by atoms with Crippen LogP contribution < -0.4 is 5.32 Å². The van der Waals surface area contributed by atoms with Crippen LogP contribution in [-0.2, 0) is 4.79 Å². The smallest absolute Gasteiger partial charge is 0.244 e. The second kappa shape index (κ2) is 7.90. The molecule has 1 amide bonds. The molecule has 0 atom stereocenters. The number of nitrogens with zero attached hydrogens (tertiary/aromatic N) is 2. The summed E-state index contributed by atoms with van der Waals surface area (Å²) < 4.78 is 14.8. The highest BCUT2D eigenvalue weighted by Gasteiger charge is 2.11. The van der Waals surface area contributed by atoms with Gasteiger partial charge in [-0.05, 0) is 57.0 Å². The molecule has 0 bridgehead atoms. The molecule has 0 aliphatic carbocycles. The Bertz CT molecular complexity index is 728. The first-order chi connectivity index (χ1) is 11.5. The minimum absolute atomic E-state index is 0.1000. The minimum atomic E-state index is -0.279. The number of carbonyl (C=O) groups excluding carboxylic acids is 1. The average molecular weight is 329 g/mol. The Morgan fingerprint density at radius 3 is 2.46 bits per heavy atom. The normalized spacial score (nSPS) is 11.4. The molecule has 4 nitrogen and oxygen atoms in total. The van der Waals surface area contributed by atoms with E-state index in [1.807, 2.05) is 13.8 Å². The van der Waals surface area contributed by atoms with Gasteiger partial charge in [0, 0.05) is 23.4 Å². The molecule has 1 heterocycles. The first kappa shape index (κ1) is 17.9. The van der Waals surface area contributed by atoms with Crippen LogP contribution in [-0.4, -0.2) is 21.7 Å². The van der Waals surface area contributed by atoms with E-state index in [2.05, 4.69) is 24.3 Å². The van der Waals surface area contributed by atoms with E-state index in [-0.39, 0.29) is 17.8 Å². The SMILES string of the molecule is CCC(CC)NC(=O)/C=C/c1c(C)nn(-c2ccc(F)cc2)c1C. The second-order valence-corrected chi connectivity index (χ2v) is 5.83. The fraction of sp³-hybridized carbons (Fsp3) is 0.368. The quantitative estimate of drug-likeness (QED) is 0.816. The maximum absolute atomic E-state index is 13.1. The van der Waals surface area contributed by atoms with Crippen molar-refractivity contribution in [1.29, 1.82) is 0 Å². The fourth-order valence-corrected chi connectivity index (χ4v) is 2.63. The maximum atomic E-state index is 13.1. The van der Waals surface area contributed by atoms with E-state index in [0.717, 1.165) is 35.5 Å². The molecule has 0 saturated heterocycles. The van der Waals surface area contributed by atoms with Crippen molar-refractivity contribution in [1.82, 2.24) is 15.1 Å². The van der Waals surface area contributed by atoms with Gasteiger partial charge in [-0.1, -0.05) is 13.8 Å². The number of amides is 1. The van der Waals surface area contributed by atoms with Crippen molar-refractivity contribution < 1.29 is 9.18 Å². The molecule has 0 aliphatic heterocycles. The van der Waals surface area contributed by atoms with Gasteiger partial charge < -0.3 is 5.32 Å². The van der Waals surface area contributed by atoms with Crippen LogP contribution in [0.2, 0.25) is 0 Å². The van der Waals surface area contributed by atoms with Crippen LogP contribution in [0.5, 0.6) is 0 Å². The molecule has 1 aromatic heterocycles. The summed E-state index contributed by atoms with van der Waals surface area (Å²) in [4.78, 5) is 12.0. The van der Waals surface area contributed by atoms with E-state index in [1.165, 1.54) is 12.1 Å². The van der Waals surface area contributed by atoms with Gasteiger partial charge in [0.1, 0.15) is 5.82 Å². The summed E-state index contributed by atoms with van der Waals surface area (Å²) in [6, 6.07) is 6.38. The molecule has 0 fully saturated rings. The summed E-state index contributed by atoms with van der Waals surface area (Å²) in [7, 11) is 0. The molecule has 128 valence electrons. The number of hydrogen-bond acceptors (Lipinski definition) is 2. The van der Waals surface area contributed by atoms with Gasteiger partial charge in [0.05, 0.1) is 11.4 Å². The van der Waals surface area contributed by atoms with Crippen LogP contribution in [0.15, 0.2) is 30.3 Å². The molecule has 24 heavy (non-hydrogen) atoms. The predicted octanol–water partition coefficient (Wildman–Crippen LogP) is 3.95. The van der Waals surface area contributed by atoms with Crippen LogP contribution in [0.25, 0.3) is 11.8 Å². The summed E-state index contributed by atoms with van der Waals surface area (Å²) in [6.45, 7) is 7.94. The summed E-state index contributed by atoms with van der Waals surface area (Å²) in [5.41, 5.74) is 3.42. The largest absolute Gasteiger partial charge is 0.350 e. The lowest BCUT2D eigenvalue weighted by molar-refractivity contribution is -0.117. The molecule has 1 aromatic carbocycles. The summed E-state index contributed by atoms with van der Waals surface area (Å²) in [5, 5.41) is 7.47. The fourth-order valence-electron chi connectivity index (χ4n) is 2.63. The lowest BCUT2D eigenvalue weighted by atomic mass is 10.1. The third-order valence-electron chi connectivity index (χ3n) is 4.15. The highest BCUT2D eigenvalue weighted by molar-refractivity contribution is 5.92. The van der Waals surface area contributed by atoms with Crippen LogP contribution in [0.3, 0.4) is 0 Å². The van der Waals surface area contributed by atoms with Crippen molar-refractivity contribution in [3.8, 4) is 5.69 Å². The number of halogens is 1. The summed E-state index contributed by atoms with van der Waals surface area (Å²) in [6.07, 6.45) is 5.16. The maximum Gasteiger partial charge on any atom is 0.244 e. The zero-order chi connectivity index (χ0) is 17.7. The Balaban J connectivity index is 2.21. The standard InChI is InChI=1S/C19H24FN3O/c1-5-16(6-2)21-19(24)12-11-18-13(3)22-23(14(18)4)17-9-7-15(20)8-10-17/h7-12,16H,5-6H2,1-4H3,(H,21,24)/b12-11+. The van der Waals surface area contributed by atoms with Crippen molar-refractivity contribution >= 4 is 12.0 Å².